The van der Waals surface area contributed by atoms with E-state index in [0.717, 1.165) is 24.5 Å². The maximum Gasteiger partial charge on any atom is 0.224 e. The van der Waals surface area contributed by atoms with Gasteiger partial charge in [-0.1, -0.05) is 13.8 Å². The smallest absolute Gasteiger partial charge is 0.224 e. The van der Waals surface area contributed by atoms with Crippen molar-refractivity contribution in [2.75, 3.05) is 30.4 Å². The lowest BCUT2D eigenvalue weighted by molar-refractivity contribution is 0.613. The van der Waals surface area contributed by atoms with Crippen LogP contribution in [-0.4, -0.2) is 30.1 Å². The molecule has 90 valence electrons. The molecule has 0 atom stereocenters. The van der Waals surface area contributed by atoms with Gasteiger partial charge in [0.15, 0.2) is 0 Å². The van der Waals surface area contributed by atoms with Crippen molar-refractivity contribution in [3.63, 3.8) is 0 Å². The molecule has 4 nitrogen and oxygen atoms in total. The first-order valence-electron chi connectivity index (χ1n) is 5.84. The molecular formula is C12H22N4. The Morgan fingerprint density at radius 2 is 2.12 bits per heavy atom. The van der Waals surface area contributed by atoms with E-state index in [9.17, 15) is 0 Å². The van der Waals surface area contributed by atoms with Crippen molar-refractivity contribution in [1.82, 2.24) is 9.97 Å². The van der Waals surface area contributed by atoms with Crippen LogP contribution in [0.4, 0.5) is 11.8 Å². The number of nitrogens with one attached hydrogen (secondary N) is 1. The van der Waals surface area contributed by atoms with Crippen LogP contribution in [0.2, 0.25) is 0 Å². The van der Waals surface area contributed by atoms with Crippen molar-refractivity contribution in [3.8, 4) is 0 Å². The fourth-order valence-electron chi connectivity index (χ4n) is 1.68. The van der Waals surface area contributed by atoms with Crippen molar-refractivity contribution in [1.29, 1.82) is 0 Å². The molecule has 1 N–H and O–H groups in total. The summed E-state index contributed by atoms with van der Waals surface area (Å²) < 4.78 is 0. The molecule has 1 heterocycles. The van der Waals surface area contributed by atoms with Crippen molar-refractivity contribution < 1.29 is 0 Å². The Bertz CT molecular complexity index is 336. The summed E-state index contributed by atoms with van der Waals surface area (Å²) in [6, 6.07) is 0. The molecule has 0 saturated carbocycles. The molecule has 16 heavy (non-hydrogen) atoms. The number of hydrogen-bond donors (Lipinski definition) is 1. The highest BCUT2D eigenvalue weighted by Crippen LogP contribution is 2.18. The van der Waals surface area contributed by atoms with Gasteiger partial charge in [-0.25, -0.2) is 4.98 Å². The molecule has 1 rings (SSSR count). The van der Waals surface area contributed by atoms with Gasteiger partial charge in [-0.05, 0) is 19.8 Å². The molecule has 0 bridgehead atoms. The number of aromatic nitrogens is 2. The lowest BCUT2D eigenvalue weighted by Crippen LogP contribution is -2.29. The molecule has 0 aliphatic carbocycles. The number of aryl methyl sites for hydroxylation is 1. The molecule has 0 amide bonds. The van der Waals surface area contributed by atoms with Crippen LogP contribution in [0.25, 0.3) is 0 Å². The third-order valence-electron chi connectivity index (χ3n) is 2.44. The molecule has 0 aliphatic heterocycles. The largest absolute Gasteiger partial charge is 0.357 e. The molecule has 0 fully saturated rings. The first-order chi connectivity index (χ1) is 7.58. The molecule has 1 aromatic rings. The van der Waals surface area contributed by atoms with Crippen LogP contribution >= 0.6 is 0 Å². The minimum atomic E-state index is 0.632. The summed E-state index contributed by atoms with van der Waals surface area (Å²) in [6.45, 7) is 10.6. The molecule has 0 spiro atoms. The van der Waals surface area contributed by atoms with Gasteiger partial charge in [0, 0.05) is 31.9 Å². The monoisotopic (exact) mass is 222 g/mol. The van der Waals surface area contributed by atoms with Crippen molar-refractivity contribution in [2.24, 2.45) is 5.92 Å². The van der Waals surface area contributed by atoms with Gasteiger partial charge in [-0.3, -0.25) is 0 Å². The molecule has 0 aliphatic rings. The highest BCUT2D eigenvalue weighted by Gasteiger charge is 2.11. The fraction of sp³-hybridized carbons (Fsp3) is 0.667. The molecule has 0 radical (unpaired) electrons. The van der Waals surface area contributed by atoms with E-state index in [0.29, 0.717) is 11.9 Å². The number of rotatable bonds is 5. The molecule has 0 unspecified atom stereocenters. The SMILES string of the molecule is CCN(CC(C)C)c1nc(NC)ncc1C. The maximum absolute atomic E-state index is 4.52. The number of hydrogen-bond acceptors (Lipinski definition) is 4. The zero-order valence-corrected chi connectivity index (χ0v) is 10.9. The van der Waals surface area contributed by atoms with E-state index < -0.39 is 0 Å². The van der Waals surface area contributed by atoms with Crippen LogP contribution in [0.15, 0.2) is 6.20 Å². The summed E-state index contributed by atoms with van der Waals surface area (Å²) in [6.07, 6.45) is 1.87. The van der Waals surface area contributed by atoms with Crippen LogP contribution in [0.1, 0.15) is 26.3 Å². The molecule has 0 aromatic carbocycles. The van der Waals surface area contributed by atoms with Crippen LogP contribution in [0.5, 0.6) is 0 Å². The van der Waals surface area contributed by atoms with Gasteiger partial charge in [-0.2, -0.15) is 4.98 Å². The first kappa shape index (κ1) is 12.7. The Hall–Kier alpha value is -1.32. The quantitative estimate of drug-likeness (QED) is 0.830. The van der Waals surface area contributed by atoms with Crippen molar-refractivity contribution >= 4 is 11.8 Å². The van der Waals surface area contributed by atoms with Gasteiger partial charge in [-0.15, -0.1) is 0 Å². The third-order valence-corrected chi connectivity index (χ3v) is 2.44. The van der Waals surface area contributed by atoms with Gasteiger partial charge in [0.2, 0.25) is 5.95 Å². The Labute approximate surface area is 98.1 Å². The predicted molar refractivity (Wildman–Crippen MR) is 69.0 cm³/mol. The minimum Gasteiger partial charge on any atom is -0.357 e. The summed E-state index contributed by atoms with van der Waals surface area (Å²) in [5, 5.41) is 2.98. The van der Waals surface area contributed by atoms with Gasteiger partial charge in [0.25, 0.3) is 0 Å². The lowest BCUT2D eigenvalue weighted by Gasteiger charge is -2.25. The number of nitrogens with zero attached hydrogens (tertiary/aromatic N) is 3. The van der Waals surface area contributed by atoms with Gasteiger partial charge >= 0.3 is 0 Å². The standard InChI is InChI=1S/C12H22N4/c1-6-16(8-9(2)3)11-10(4)7-14-12(13-5)15-11/h7,9H,6,8H2,1-5H3,(H,13,14,15). The highest BCUT2D eigenvalue weighted by molar-refractivity contribution is 5.48. The Morgan fingerprint density at radius 3 is 2.62 bits per heavy atom. The average molecular weight is 222 g/mol. The van der Waals surface area contributed by atoms with E-state index in [2.05, 4.69) is 47.9 Å². The van der Waals surface area contributed by atoms with Gasteiger partial charge < -0.3 is 10.2 Å². The Balaban J connectivity index is 2.98. The average Bonchev–Trinajstić information content (AvgIpc) is 2.26. The van der Waals surface area contributed by atoms with Crippen LogP contribution in [0.3, 0.4) is 0 Å². The summed E-state index contributed by atoms with van der Waals surface area (Å²) in [5.74, 6) is 2.35. The molecule has 0 saturated heterocycles. The second-order valence-corrected chi connectivity index (χ2v) is 4.38. The van der Waals surface area contributed by atoms with E-state index in [1.165, 1.54) is 0 Å². The second kappa shape index (κ2) is 5.68. The summed E-state index contributed by atoms with van der Waals surface area (Å²) in [7, 11) is 1.84. The van der Waals surface area contributed by atoms with Crippen LogP contribution < -0.4 is 10.2 Å². The summed E-state index contributed by atoms with van der Waals surface area (Å²) in [5.41, 5.74) is 1.13. The van der Waals surface area contributed by atoms with E-state index in [4.69, 9.17) is 0 Å². The van der Waals surface area contributed by atoms with Gasteiger partial charge in [0.05, 0.1) is 0 Å². The van der Waals surface area contributed by atoms with E-state index in [-0.39, 0.29) is 0 Å². The maximum atomic E-state index is 4.52. The third kappa shape index (κ3) is 3.08. The molecule has 1 aromatic heterocycles. The topological polar surface area (TPSA) is 41.1 Å². The fourth-order valence-corrected chi connectivity index (χ4v) is 1.68. The van der Waals surface area contributed by atoms with Crippen LogP contribution in [-0.2, 0) is 0 Å². The normalized spacial score (nSPS) is 10.6. The molecule has 4 heteroatoms. The lowest BCUT2D eigenvalue weighted by atomic mass is 10.2. The van der Waals surface area contributed by atoms with E-state index in [1.54, 1.807) is 0 Å². The van der Waals surface area contributed by atoms with Crippen molar-refractivity contribution in [2.45, 2.75) is 27.7 Å². The van der Waals surface area contributed by atoms with Gasteiger partial charge in [0.1, 0.15) is 5.82 Å². The van der Waals surface area contributed by atoms with Crippen molar-refractivity contribution in [3.05, 3.63) is 11.8 Å². The first-order valence-corrected chi connectivity index (χ1v) is 5.84. The Morgan fingerprint density at radius 1 is 1.44 bits per heavy atom. The van der Waals surface area contributed by atoms with Crippen LogP contribution in [0, 0.1) is 12.8 Å². The van der Waals surface area contributed by atoms with E-state index >= 15 is 0 Å². The molecular weight excluding hydrogens is 200 g/mol. The minimum absolute atomic E-state index is 0.632. The zero-order valence-electron chi connectivity index (χ0n) is 10.9. The summed E-state index contributed by atoms with van der Waals surface area (Å²) in [4.78, 5) is 11.0. The van der Waals surface area contributed by atoms with E-state index in [1.807, 2.05) is 13.2 Å². The summed E-state index contributed by atoms with van der Waals surface area (Å²) >= 11 is 0. The zero-order chi connectivity index (χ0) is 12.1. The number of anilines is 2. The Kier molecular flexibility index (Phi) is 4.52. The second-order valence-electron chi connectivity index (χ2n) is 4.38. The highest BCUT2D eigenvalue weighted by atomic mass is 15.2. The predicted octanol–water partition coefficient (Wildman–Crippen LogP) is 2.31.